The van der Waals surface area contributed by atoms with Crippen molar-refractivity contribution in [3.8, 4) is 11.5 Å². The number of carbonyl (C=O) groups excluding carboxylic acids is 1. The molecule has 132 valence electrons. The van der Waals surface area contributed by atoms with Crippen LogP contribution in [0.25, 0.3) is 0 Å². The molecule has 0 spiro atoms. The van der Waals surface area contributed by atoms with Gasteiger partial charge in [0, 0.05) is 6.07 Å². The number of hydrogen-bond acceptors (Lipinski definition) is 3. The lowest BCUT2D eigenvalue weighted by molar-refractivity contribution is 0.171. The number of fused-ring (bicyclic) bond motifs is 1. The maximum atomic E-state index is 13.6. The highest BCUT2D eigenvalue weighted by molar-refractivity contribution is 5.90. The second-order valence-corrected chi connectivity index (χ2v) is 6.19. The summed E-state index contributed by atoms with van der Waals surface area (Å²) in [4.78, 5) is 12.2. The van der Waals surface area contributed by atoms with E-state index in [-0.39, 0.29) is 5.69 Å². The van der Waals surface area contributed by atoms with Crippen LogP contribution in [0.15, 0.2) is 36.4 Å². The van der Waals surface area contributed by atoms with E-state index < -0.39 is 23.2 Å². The monoisotopic (exact) mass is 348 g/mol. The molecule has 0 saturated carbocycles. The number of carbonyl (C=O) groups is 1. The molecule has 0 fully saturated rings. The molecule has 0 aromatic heterocycles. The van der Waals surface area contributed by atoms with Gasteiger partial charge in [-0.15, -0.1) is 0 Å². The van der Waals surface area contributed by atoms with Crippen molar-refractivity contribution in [3.63, 3.8) is 0 Å². The van der Waals surface area contributed by atoms with Crippen LogP contribution in [0.2, 0.25) is 0 Å². The summed E-state index contributed by atoms with van der Waals surface area (Å²) in [5.41, 5.74) is -0.0560. The standard InChI is InChI=1S/C18H18F2N2O3/c1-18(2,11-3-6-15-16(9-11)25-8-7-24-15)22-17(23)21-14-5-4-12(19)10-13(14)20/h3-6,9-10H,7-8H2,1-2H3,(H2,21,22,23). The second kappa shape index (κ2) is 6.58. The van der Waals surface area contributed by atoms with Crippen molar-refractivity contribution in [2.75, 3.05) is 18.5 Å². The minimum Gasteiger partial charge on any atom is -0.486 e. The Labute approximate surface area is 143 Å². The van der Waals surface area contributed by atoms with E-state index in [0.717, 1.165) is 11.6 Å². The maximum Gasteiger partial charge on any atom is 0.320 e. The summed E-state index contributed by atoms with van der Waals surface area (Å²) in [6, 6.07) is 7.75. The number of benzene rings is 2. The summed E-state index contributed by atoms with van der Waals surface area (Å²) in [5, 5.41) is 5.14. The van der Waals surface area contributed by atoms with E-state index in [1.807, 2.05) is 6.07 Å². The Kier molecular flexibility index (Phi) is 4.48. The van der Waals surface area contributed by atoms with Crippen molar-refractivity contribution < 1.29 is 23.0 Å². The Balaban J connectivity index is 1.73. The van der Waals surface area contributed by atoms with Crippen LogP contribution >= 0.6 is 0 Å². The van der Waals surface area contributed by atoms with Crippen molar-refractivity contribution in [2.24, 2.45) is 0 Å². The van der Waals surface area contributed by atoms with Crippen LogP contribution in [-0.2, 0) is 5.54 Å². The van der Waals surface area contributed by atoms with E-state index in [1.165, 1.54) is 6.07 Å². The molecule has 5 nitrogen and oxygen atoms in total. The van der Waals surface area contributed by atoms with E-state index in [0.29, 0.717) is 30.8 Å². The fourth-order valence-electron chi connectivity index (χ4n) is 2.53. The lowest BCUT2D eigenvalue weighted by atomic mass is 9.94. The number of anilines is 1. The number of amides is 2. The third kappa shape index (κ3) is 3.81. The van der Waals surface area contributed by atoms with Crippen molar-refractivity contribution in [1.29, 1.82) is 0 Å². The van der Waals surface area contributed by atoms with Crippen LogP contribution < -0.4 is 20.1 Å². The molecule has 2 aromatic carbocycles. The normalized spacial score (nSPS) is 13.3. The first kappa shape index (κ1) is 17.0. The summed E-state index contributed by atoms with van der Waals surface area (Å²) in [7, 11) is 0. The van der Waals surface area contributed by atoms with E-state index in [1.54, 1.807) is 26.0 Å². The van der Waals surface area contributed by atoms with Gasteiger partial charge in [-0.1, -0.05) is 6.07 Å². The Morgan fingerprint density at radius 2 is 1.76 bits per heavy atom. The van der Waals surface area contributed by atoms with Crippen molar-refractivity contribution in [3.05, 3.63) is 53.6 Å². The van der Waals surface area contributed by atoms with Gasteiger partial charge < -0.3 is 20.1 Å². The summed E-state index contributed by atoms with van der Waals surface area (Å²) >= 11 is 0. The first-order valence-electron chi connectivity index (χ1n) is 7.79. The Morgan fingerprint density at radius 3 is 2.48 bits per heavy atom. The molecular formula is C18H18F2N2O3. The minimum absolute atomic E-state index is 0.100. The lowest BCUT2D eigenvalue weighted by Gasteiger charge is -2.28. The number of nitrogens with one attached hydrogen (secondary N) is 2. The van der Waals surface area contributed by atoms with Crippen LogP contribution in [0, 0.1) is 11.6 Å². The Hall–Kier alpha value is -2.83. The number of ether oxygens (including phenoxy) is 2. The Bertz CT molecular complexity index is 809. The highest BCUT2D eigenvalue weighted by Gasteiger charge is 2.25. The van der Waals surface area contributed by atoms with Gasteiger partial charge in [-0.3, -0.25) is 0 Å². The van der Waals surface area contributed by atoms with Crippen LogP contribution in [-0.4, -0.2) is 19.2 Å². The average molecular weight is 348 g/mol. The molecule has 0 bridgehead atoms. The second-order valence-electron chi connectivity index (χ2n) is 6.19. The van der Waals surface area contributed by atoms with E-state index >= 15 is 0 Å². The van der Waals surface area contributed by atoms with Crippen LogP contribution in [0.4, 0.5) is 19.3 Å². The zero-order chi connectivity index (χ0) is 18.0. The predicted molar refractivity (Wildman–Crippen MR) is 89.0 cm³/mol. The number of halogens is 2. The van der Waals surface area contributed by atoms with Gasteiger partial charge in [0.25, 0.3) is 0 Å². The van der Waals surface area contributed by atoms with E-state index in [2.05, 4.69) is 10.6 Å². The van der Waals surface area contributed by atoms with Crippen molar-refractivity contribution in [2.45, 2.75) is 19.4 Å². The lowest BCUT2D eigenvalue weighted by Crippen LogP contribution is -2.43. The van der Waals surface area contributed by atoms with E-state index in [4.69, 9.17) is 9.47 Å². The van der Waals surface area contributed by atoms with Gasteiger partial charge in [-0.25, -0.2) is 13.6 Å². The summed E-state index contributed by atoms with van der Waals surface area (Å²) in [6.45, 7) is 4.58. The number of hydrogen-bond donors (Lipinski definition) is 2. The summed E-state index contributed by atoms with van der Waals surface area (Å²) in [6.07, 6.45) is 0. The first-order chi connectivity index (χ1) is 11.8. The van der Waals surface area contributed by atoms with Gasteiger partial charge in [-0.05, 0) is 43.7 Å². The molecule has 1 aliphatic rings. The molecule has 2 N–H and O–H groups in total. The number of rotatable bonds is 3. The molecule has 2 amide bonds. The molecule has 0 unspecified atom stereocenters. The molecule has 2 aromatic rings. The topological polar surface area (TPSA) is 59.6 Å². The molecule has 0 aliphatic carbocycles. The third-order valence-electron chi connectivity index (χ3n) is 3.87. The molecule has 1 heterocycles. The van der Waals surface area contributed by atoms with Gasteiger partial charge in [0.15, 0.2) is 11.5 Å². The fraction of sp³-hybridized carbons (Fsp3) is 0.278. The van der Waals surface area contributed by atoms with Gasteiger partial charge in [-0.2, -0.15) is 0 Å². The van der Waals surface area contributed by atoms with Crippen molar-refractivity contribution in [1.82, 2.24) is 5.32 Å². The van der Waals surface area contributed by atoms with Gasteiger partial charge in [0.1, 0.15) is 24.8 Å². The molecule has 7 heteroatoms. The molecule has 0 saturated heterocycles. The fourth-order valence-corrected chi connectivity index (χ4v) is 2.53. The summed E-state index contributed by atoms with van der Waals surface area (Å²) < 4.78 is 37.6. The van der Waals surface area contributed by atoms with E-state index in [9.17, 15) is 13.6 Å². The molecule has 0 radical (unpaired) electrons. The SMILES string of the molecule is CC(C)(NC(=O)Nc1ccc(F)cc1F)c1ccc2c(c1)OCCO2. The van der Waals surface area contributed by atoms with Gasteiger partial charge in [0.2, 0.25) is 0 Å². The minimum atomic E-state index is -0.840. The third-order valence-corrected chi connectivity index (χ3v) is 3.87. The van der Waals surface area contributed by atoms with Crippen LogP contribution in [0.1, 0.15) is 19.4 Å². The van der Waals surface area contributed by atoms with Gasteiger partial charge >= 0.3 is 6.03 Å². The smallest absolute Gasteiger partial charge is 0.320 e. The average Bonchev–Trinajstić information content (AvgIpc) is 2.56. The highest BCUT2D eigenvalue weighted by atomic mass is 19.1. The molecular weight excluding hydrogens is 330 g/mol. The highest BCUT2D eigenvalue weighted by Crippen LogP contribution is 2.34. The predicted octanol–water partition coefficient (Wildman–Crippen LogP) is 3.79. The van der Waals surface area contributed by atoms with Crippen LogP contribution in [0.3, 0.4) is 0 Å². The first-order valence-corrected chi connectivity index (χ1v) is 7.79. The molecule has 3 rings (SSSR count). The Morgan fingerprint density at radius 1 is 1.04 bits per heavy atom. The molecule has 1 aliphatic heterocycles. The number of urea groups is 1. The molecule has 25 heavy (non-hydrogen) atoms. The zero-order valence-corrected chi connectivity index (χ0v) is 13.9. The largest absolute Gasteiger partial charge is 0.486 e. The maximum absolute atomic E-state index is 13.6. The van der Waals surface area contributed by atoms with Crippen molar-refractivity contribution >= 4 is 11.7 Å². The quantitative estimate of drug-likeness (QED) is 0.887. The van der Waals surface area contributed by atoms with Crippen LogP contribution in [0.5, 0.6) is 11.5 Å². The zero-order valence-electron chi connectivity index (χ0n) is 13.9. The summed E-state index contributed by atoms with van der Waals surface area (Å²) in [5.74, 6) is -0.278. The van der Waals surface area contributed by atoms with Gasteiger partial charge in [0.05, 0.1) is 11.2 Å². The molecule has 0 atom stereocenters.